The highest BCUT2D eigenvalue weighted by atomic mass is 32.2. The van der Waals surface area contributed by atoms with Gasteiger partial charge in [0.2, 0.25) is 0 Å². The van der Waals surface area contributed by atoms with E-state index in [1.165, 1.54) is 0 Å². The molecule has 0 bridgehead atoms. The van der Waals surface area contributed by atoms with E-state index in [0.29, 0.717) is 0 Å². The first-order chi connectivity index (χ1) is 8.56. The highest BCUT2D eigenvalue weighted by Gasteiger charge is 2.11. The molecule has 0 spiro atoms. The quantitative estimate of drug-likeness (QED) is 0.469. The lowest BCUT2D eigenvalue weighted by molar-refractivity contribution is 0.584. The number of hydrazone groups is 1. The first-order valence-electron chi connectivity index (χ1n) is 6.16. The highest BCUT2D eigenvalue weighted by Crippen LogP contribution is 2.07. The van der Waals surface area contributed by atoms with Gasteiger partial charge in [-0.3, -0.25) is 0 Å². The number of hydrogen-bond donors (Lipinski definition) is 1. The van der Waals surface area contributed by atoms with Crippen molar-refractivity contribution in [2.45, 2.75) is 44.4 Å². The monoisotopic (exact) mass is 268 g/mol. The van der Waals surface area contributed by atoms with Gasteiger partial charge in [0.15, 0.2) is 0 Å². The molecule has 0 atom stereocenters. The van der Waals surface area contributed by atoms with Crippen molar-refractivity contribution >= 4 is 15.7 Å². The van der Waals surface area contributed by atoms with Gasteiger partial charge < -0.3 is 0 Å². The second-order valence-electron chi connectivity index (χ2n) is 4.21. The summed E-state index contributed by atoms with van der Waals surface area (Å²) in [4.78, 5) is 2.49. The number of hydrogen-bond acceptors (Lipinski definition) is 3. The molecule has 0 aromatic heterocycles. The number of nitrogens with one attached hydrogen (secondary N) is 1. The molecule has 4 nitrogen and oxygen atoms in total. The Morgan fingerprint density at radius 3 is 2.50 bits per heavy atom. The van der Waals surface area contributed by atoms with Crippen LogP contribution in [0.15, 0.2) is 40.3 Å². The molecule has 0 amide bonds. The van der Waals surface area contributed by atoms with E-state index in [2.05, 4.69) is 16.9 Å². The van der Waals surface area contributed by atoms with Crippen LogP contribution < -0.4 is 4.83 Å². The van der Waals surface area contributed by atoms with Crippen molar-refractivity contribution in [2.75, 3.05) is 0 Å². The van der Waals surface area contributed by atoms with E-state index in [9.17, 15) is 8.42 Å². The highest BCUT2D eigenvalue weighted by molar-refractivity contribution is 7.89. The molecule has 0 aliphatic carbocycles. The minimum atomic E-state index is -3.52. The molecule has 5 heteroatoms. The predicted octanol–water partition coefficient (Wildman–Crippen LogP) is 2.92. The fourth-order valence-electron chi connectivity index (χ4n) is 1.48. The van der Waals surface area contributed by atoms with Crippen LogP contribution in [0.3, 0.4) is 0 Å². The van der Waals surface area contributed by atoms with Gasteiger partial charge in [0.25, 0.3) is 10.0 Å². The van der Waals surface area contributed by atoms with Crippen LogP contribution in [0.5, 0.6) is 0 Å². The van der Waals surface area contributed by atoms with E-state index >= 15 is 0 Å². The average Bonchev–Trinajstić information content (AvgIpc) is 2.38. The van der Waals surface area contributed by atoms with Crippen LogP contribution in [0, 0.1) is 0 Å². The van der Waals surface area contributed by atoms with Crippen molar-refractivity contribution in [2.24, 2.45) is 5.10 Å². The maximum absolute atomic E-state index is 11.8. The van der Waals surface area contributed by atoms with Gasteiger partial charge in [-0.15, -0.1) is 0 Å². The van der Waals surface area contributed by atoms with Gasteiger partial charge >= 0.3 is 0 Å². The molecule has 1 aromatic rings. The smallest absolute Gasteiger partial charge is 0.200 e. The summed E-state index contributed by atoms with van der Waals surface area (Å²) in [6, 6.07) is 8.24. The molecule has 100 valence electrons. The molecule has 1 rings (SSSR count). The standard InChI is InChI=1S/C13H20N2O2S/c1-3-4-6-9-12(2)14-15-18(16,17)13-10-7-5-8-11-13/h5,7-8,10-11,15H,3-4,6,9H2,1-2H3/b14-12+. The molecule has 0 aliphatic rings. The second kappa shape index (κ2) is 7.16. The largest absolute Gasteiger partial charge is 0.276 e. The first kappa shape index (κ1) is 14.7. The Hall–Kier alpha value is -1.36. The van der Waals surface area contributed by atoms with Crippen LogP contribution in [-0.4, -0.2) is 14.1 Å². The number of nitrogens with zero attached hydrogens (tertiary/aromatic N) is 1. The maximum atomic E-state index is 11.8. The summed E-state index contributed by atoms with van der Waals surface area (Å²) >= 11 is 0. The fraction of sp³-hybridized carbons (Fsp3) is 0.462. The van der Waals surface area contributed by atoms with Gasteiger partial charge in [-0.05, 0) is 31.9 Å². The van der Waals surface area contributed by atoms with Crippen molar-refractivity contribution in [1.82, 2.24) is 4.83 Å². The predicted molar refractivity (Wildman–Crippen MR) is 74.0 cm³/mol. The Kier molecular flexibility index (Phi) is 5.85. The van der Waals surface area contributed by atoms with Crippen LogP contribution in [0.2, 0.25) is 0 Å². The summed E-state index contributed by atoms with van der Waals surface area (Å²) in [6.45, 7) is 3.97. The lowest BCUT2D eigenvalue weighted by atomic mass is 10.1. The molecule has 18 heavy (non-hydrogen) atoms. The summed E-state index contributed by atoms with van der Waals surface area (Å²) in [7, 11) is -3.52. The molecule has 1 aromatic carbocycles. The number of sulfonamides is 1. The van der Waals surface area contributed by atoms with Crippen molar-refractivity contribution in [1.29, 1.82) is 0 Å². The fourth-order valence-corrected chi connectivity index (χ4v) is 2.37. The summed E-state index contributed by atoms with van der Waals surface area (Å²) in [5.41, 5.74) is 0.808. The molecule has 0 radical (unpaired) electrons. The van der Waals surface area contributed by atoms with Gasteiger partial charge in [-0.25, -0.2) is 4.83 Å². The van der Waals surface area contributed by atoms with Crippen molar-refractivity contribution in [3.63, 3.8) is 0 Å². The molecule has 1 N–H and O–H groups in total. The van der Waals surface area contributed by atoms with Gasteiger partial charge in [0.05, 0.1) is 4.90 Å². The molecule has 0 aliphatic heterocycles. The van der Waals surface area contributed by atoms with Crippen LogP contribution >= 0.6 is 0 Å². The summed E-state index contributed by atoms with van der Waals surface area (Å²) < 4.78 is 23.7. The van der Waals surface area contributed by atoms with Crippen LogP contribution in [0.4, 0.5) is 0 Å². The third kappa shape index (κ3) is 4.87. The number of unbranched alkanes of at least 4 members (excludes halogenated alkanes) is 2. The minimum Gasteiger partial charge on any atom is -0.200 e. The van der Waals surface area contributed by atoms with E-state index in [-0.39, 0.29) is 4.90 Å². The van der Waals surface area contributed by atoms with Gasteiger partial charge in [-0.1, -0.05) is 38.0 Å². The molecule has 0 saturated carbocycles. The topological polar surface area (TPSA) is 58.5 Å². The Balaban J connectivity index is 2.59. The van der Waals surface area contributed by atoms with Gasteiger partial charge in [0.1, 0.15) is 0 Å². The Labute approximate surface area is 109 Å². The lowest BCUT2D eigenvalue weighted by Gasteiger charge is -2.04. The van der Waals surface area contributed by atoms with E-state index in [0.717, 1.165) is 31.4 Å². The second-order valence-corrected chi connectivity index (χ2v) is 5.87. The zero-order valence-corrected chi connectivity index (χ0v) is 11.7. The van der Waals surface area contributed by atoms with Gasteiger partial charge in [0, 0.05) is 5.71 Å². The van der Waals surface area contributed by atoms with Gasteiger partial charge in [-0.2, -0.15) is 13.5 Å². The Morgan fingerprint density at radius 1 is 1.22 bits per heavy atom. The zero-order valence-electron chi connectivity index (χ0n) is 10.9. The summed E-state index contributed by atoms with van der Waals surface area (Å²) in [5.74, 6) is 0. The number of benzene rings is 1. The molecule has 0 heterocycles. The SMILES string of the molecule is CCCCC/C(C)=N/NS(=O)(=O)c1ccccc1. The Bertz CT molecular complexity index is 481. The normalized spacial score (nSPS) is 12.4. The molecule has 0 saturated heterocycles. The van der Waals surface area contributed by atoms with Crippen molar-refractivity contribution < 1.29 is 8.42 Å². The third-order valence-corrected chi connectivity index (χ3v) is 3.78. The minimum absolute atomic E-state index is 0.232. The van der Waals surface area contributed by atoms with E-state index in [1.807, 2.05) is 6.92 Å². The van der Waals surface area contributed by atoms with Crippen LogP contribution in [-0.2, 0) is 10.0 Å². The van der Waals surface area contributed by atoms with Crippen molar-refractivity contribution in [3.05, 3.63) is 30.3 Å². The molecular weight excluding hydrogens is 248 g/mol. The van der Waals surface area contributed by atoms with Crippen LogP contribution in [0.1, 0.15) is 39.5 Å². The zero-order chi connectivity index (χ0) is 13.4. The molecular formula is C13H20N2O2S. The van der Waals surface area contributed by atoms with Crippen LogP contribution in [0.25, 0.3) is 0 Å². The number of rotatable bonds is 7. The summed E-state index contributed by atoms with van der Waals surface area (Å²) in [6.07, 6.45) is 4.14. The van der Waals surface area contributed by atoms with E-state index in [4.69, 9.17) is 0 Å². The lowest BCUT2D eigenvalue weighted by Crippen LogP contribution is -2.19. The van der Waals surface area contributed by atoms with Crippen molar-refractivity contribution in [3.8, 4) is 0 Å². The third-order valence-electron chi connectivity index (χ3n) is 2.55. The first-order valence-corrected chi connectivity index (χ1v) is 7.64. The average molecular weight is 268 g/mol. The summed E-state index contributed by atoms with van der Waals surface area (Å²) in [5, 5.41) is 3.92. The maximum Gasteiger partial charge on any atom is 0.276 e. The van der Waals surface area contributed by atoms with E-state index in [1.54, 1.807) is 30.3 Å². The molecule has 0 fully saturated rings. The van der Waals surface area contributed by atoms with E-state index < -0.39 is 10.0 Å². The molecule has 0 unspecified atom stereocenters. The Morgan fingerprint density at radius 2 is 1.89 bits per heavy atom.